The number of hydrogen-bond donors (Lipinski definition) is 6. The lowest BCUT2D eigenvalue weighted by Gasteiger charge is -2.41. The van der Waals surface area contributed by atoms with Gasteiger partial charge in [0.2, 0.25) is 0 Å². The molecule has 1 saturated heterocycles. The van der Waals surface area contributed by atoms with Crippen molar-refractivity contribution in [3.05, 3.63) is 0 Å². The van der Waals surface area contributed by atoms with Gasteiger partial charge >= 0.3 is 0 Å². The fourth-order valence-electron chi connectivity index (χ4n) is 3.30. The Morgan fingerprint density at radius 3 is 2.00 bits per heavy atom. The number of aliphatic hydroxyl groups excluding tert-OH is 6. The topological polar surface area (TPSA) is 140 Å². The van der Waals surface area contributed by atoms with E-state index < -0.39 is 56.1 Å². The van der Waals surface area contributed by atoms with Crippen LogP contribution >= 0.6 is 0 Å². The van der Waals surface area contributed by atoms with E-state index in [0.29, 0.717) is 6.42 Å². The Balaban J connectivity index is 2.45. The van der Waals surface area contributed by atoms with Gasteiger partial charge in [0.05, 0.1) is 19.3 Å². The van der Waals surface area contributed by atoms with Gasteiger partial charge in [-0.1, -0.05) is 58.3 Å². The summed E-state index contributed by atoms with van der Waals surface area (Å²) < 4.78 is 10.9. The van der Waals surface area contributed by atoms with E-state index in [-0.39, 0.29) is 0 Å². The zero-order chi connectivity index (χ0) is 20.2. The highest BCUT2D eigenvalue weighted by Crippen LogP contribution is 2.25. The number of unbranched alkanes of at least 4 members (excludes halogenated alkanes) is 7. The summed E-state index contributed by atoms with van der Waals surface area (Å²) in [6.45, 7) is 1.14. The molecular weight excluding hydrogens is 356 g/mol. The number of rotatable bonds is 14. The van der Waals surface area contributed by atoms with Crippen LogP contribution in [0.2, 0.25) is 0 Å². The highest BCUT2D eigenvalue weighted by atomic mass is 16.7. The molecule has 27 heavy (non-hydrogen) atoms. The molecule has 0 bridgehead atoms. The van der Waals surface area contributed by atoms with Crippen molar-refractivity contribution in [2.45, 2.75) is 108 Å². The van der Waals surface area contributed by atoms with E-state index >= 15 is 0 Å². The number of aliphatic hydroxyl groups is 6. The molecule has 0 spiro atoms. The normalized spacial score (nSPS) is 31.0. The largest absolute Gasteiger partial charge is 0.394 e. The van der Waals surface area contributed by atoms with E-state index in [4.69, 9.17) is 9.47 Å². The van der Waals surface area contributed by atoms with Crippen LogP contribution in [-0.2, 0) is 9.47 Å². The summed E-state index contributed by atoms with van der Waals surface area (Å²) in [4.78, 5) is 0. The summed E-state index contributed by atoms with van der Waals surface area (Å²) in [7, 11) is 0. The first-order valence-corrected chi connectivity index (χ1v) is 10.2. The standard InChI is InChI=1S/C19H38O8/c1-2-3-4-5-6-7-8-9-10-14(13(22)11-20)26-19-18(25)17(24)16(23)15(12-21)27-19/h13-25H,2-12H2,1H3/t13?,14?,15-,16-,17+,18-,19?/m1/s1. The van der Waals surface area contributed by atoms with Crippen LogP contribution in [0.15, 0.2) is 0 Å². The van der Waals surface area contributed by atoms with Gasteiger partial charge < -0.3 is 40.1 Å². The van der Waals surface area contributed by atoms with Crippen LogP contribution < -0.4 is 0 Å². The lowest BCUT2D eigenvalue weighted by molar-refractivity contribution is -0.318. The minimum absolute atomic E-state index is 0.464. The molecule has 0 aromatic rings. The summed E-state index contributed by atoms with van der Waals surface area (Å²) in [5.41, 5.74) is 0. The van der Waals surface area contributed by atoms with Gasteiger partial charge in [0, 0.05) is 0 Å². The van der Waals surface area contributed by atoms with Crippen LogP contribution in [0.1, 0.15) is 64.7 Å². The first kappa shape index (κ1) is 24.7. The summed E-state index contributed by atoms with van der Waals surface area (Å²) in [5, 5.41) is 58.2. The Bertz CT molecular complexity index is 368. The molecule has 3 unspecified atom stereocenters. The molecule has 0 aromatic carbocycles. The SMILES string of the molecule is CCCCCCCCCCC(OC1O[C@H](CO)[C@@H](O)[C@H](O)[C@H]1O)C(O)CO. The fourth-order valence-corrected chi connectivity index (χ4v) is 3.30. The Hall–Kier alpha value is -0.320. The number of ether oxygens (including phenoxy) is 2. The van der Waals surface area contributed by atoms with Crippen molar-refractivity contribution in [3.63, 3.8) is 0 Å². The lowest BCUT2D eigenvalue weighted by atomic mass is 9.99. The van der Waals surface area contributed by atoms with Crippen molar-refractivity contribution >= 4 is 0 Å². The zero-order valence-electron chi connectivity index (χ0n) is 16.3. The highest BCUT2D eigenvalue weighted by molar-refractivity contribution is 4.89. The van der Waals surface area contributed by atoms with Crippen molar-refractivity contribution in [1.29, 1.82) is 0 Å². The van der Waals surface area contributed by atoms with E-state index in [0.717, 1.165) is 19.3 Å². The summed E-state index contributed by atoms with van der Waals surface area (Å²) in [6.07, 6.45) is 0.616. The second-order valence-corrected chi connectivity index (χ2v) is 7.39. The first-order chi connectivity index (χ1) is 13.0. The van der Waals surface area contributed by atoms with E-state index in [1.165, 1.54) is 32.1 Å². The molecule has 0 saturated carbocycles. The third kappa shape index (κ3) is 8.29. The first-order valence-electron chi connectivity index (χ1n) is 10.2. The molecule has 1 rings (SSSR count). The van der Waals surface area contributed by atoms with Gasteiger partial charge in [0.1, 0.15) is 30.5 Å². The molecule has 0 amide bonds. The van der Waals surface area contributed by atoms with Gasteiger partial charge in [-0.25, -0.2) is 0 Å². The van der Waals surface area contributed by atoms with Crippen molar-refractivity contribution in [1.82, 2.24) is 0 Å². The molecule has 8 nitrogen and oxygen atoms in total. The van der Waals surface area contributed by atoms with E-state index in [1.54, 1.807) is 0 Å². The van der Waals surface area contributed by atoms with Gasteiger partial charge in [-0.2, -0.15) is 0 Å². The van der Waals surface area contributed by atoms with Crippen molar-refractivity contribution in [2.24, 2.45) is 0 Å². The lowest BCUT2D eigenvalue weighted by Crippen LogP contribution is -2.60. The molecule has 6 N–H and O–H groups in total. The molecule has 1 heterocycles. The van der Waals surface area contributed by atoms with Crippen LogP contribution in [-0.4, -0.2) is 86.8 Å². The quantitative estimate of drug-likeness (QED) is 0.227. The van der Waals surface area contributed by atoms with Gasteiger partial charge in [-0.3, -0.25) is 0 Å². The molecule has 0 radical (unpaired) electrons. The zero-order valence-corrected chi connectivity index (χ0v) is 16.3. The monoisotopic (exact) mass is 394 g/mol. The van der Waals surface area contributed by atoms with Crippen LogP contribution in [0.5, 0.6) is 0 Å². The highest BCUT2D eigenvalue weighted by Gasteiger charge is 2.45. The molecule has 0 aliphatic carbocycles. The second kappa shape index (κ2) is 13.8. The van der Waals surface area contributed by atoms with Crippen molar-refractivity contribution in [2.75, 3.05) is 13.2 Å². The smallest absolute Gasteiger partial charge is 0.187 e. The van der Waals surface area contributed by atoms with Crippen LogP contribution in [0.4, 0.5) is 0 Å². The maximum Gasteiger partial charge on any atom is 0.187 e. The maximum absolute atomic E-state index is 10.1. The molecule has 7 atom stereocenters. The van der Waals surface area contributed by atoms with Crippen LogP contribution in [0.3, 0.4) is 0 Å². The predicted molar refractivity (Wildman–Crippen MR) is 99.0 cm³/mol. The minimum atomic E-state index is -1.53. The van der Waals surface area contributed by atoms with Gasteiger partial charge in [-0.15, -0.1) is 0 Å². The average molecular weight is 395 g/mol. The van der Waals surface area contributed by atoms with Gasteiger partial charge in [0.15, 0.2) is 6.29 Å². The van der Waals surface area contributed by atoms with Gasteiger partial charge in [-0.05, 0) is 6.42 Å². The van der Waals surface area contributed by atoms with E-state index in [1.807, 2.05) is 0 Å². The fraction of sp³-hybridized carbons (Fsp3) is 1.00. The van der Waals surface area contributed by atoms with Crippen LogP contribution in [0, 0.1) is 0 Å². The second-order valence-electron chi connectivity index (χ2n) is 7.39. The Labute approximate surface area is 161 Å². The predicted octanol–water partition coefficient (Wildman–Crippen LogP) is 0.0555. The molecule has 8 heteroatoms. The molecule has 1 aliphatic rings. The Morgan fingerprint density at radius 2 is 1.44 bits per heavy atom. The van der Waals surface area contributed by atoms with E-state index in [2.05, 4.69) is 6.92 Å². The Kier molecular flexibility index (Phi) is 12.6. The minimum Gasteiger partial charge on any atom is -0.394 e. The van der Waals surface area contributed by atoms with E-state index in [9.17, 15) is 30.6 Å². The molecule has 0 aromatic heterocycles. The third-order valence-corrected chi connectivity index (χ3v) is 5.12. The van der Waals surface area contributed by atoms with Crippen LogP contribution in [0.25, 0.3) is 0 Å². The van der Waals surface area contributed by atoms with Crippen molar-refractivity contribution < 1.29 is 40.1 Å². The molecular formula is C19H38O8. The summed E-state index contributed by atoms with van der Waals surface area (Å²) >= 11 is 0. The molecule has 1 aliphatic heterocycles. The molecule has 162 valence electrons. The Morgan fingerprint density at radius 1 is 0.852 bits per heavy atom. The third-order valence-electron chi connectivity index (χ3n) is 5.12. The molecule has 1 fully saturated rings. The van der Waals surface area contributed by atoms with Crippen molar-refractivity contribution in [3.8, 4) is 0 Å². The van der Waals surface area contributed by atoms with Gasteiger partial charge in [0.25, 0.3) is 0 Å². The maximum atomic E-state index is 10.1. The summed E-state index contributed by atoms with van der Waals surface area (Å²) in [5.74, 6) is 0. The average Bonchev–Trinajstić information content (AvgIpc) is 2.68. The summed E-state index contributed by atoms with van der Waals surface area (Å²) in [6, 6.07) is 0. The number of hydrogen-bond acceptors (Lipinski definition) is 8.